The van der Waals surface area contributed by atoms with E-state index in [-0.39, 0.29) is 63.1 Å². The third-order valence-corrected chi connectivity index (χ3v) is 13.3. The second-order valence-corrected chi connectivity index (χ2v) is 17.7. The van der Waals surface area contributed by atoms with Crippen molar-refractivity contribution < 1.29 is 60.2 Å². The minimum Gasteiger partial charge on any atom is -0.465 e. The number of carbonyl (C=O) groups is 5. The number of hydrogen-bond donors (Lipinski definition) is 3. The molecule has 2 heterocycles. The van der Waals surface area contributed by atoms with E-state index in [4.69, 9.17) is 4.74 Å². The summed E-state index contributed by atoms with van der Waals surface area (Å²) in [7, 11) is 1.14. The Balaban J connectivity index is 1.26. The molecule has 0 aromatic heterocycles. The fourth-order valence-electron chi connectivity index (χ4n) is 10.1. The van der Waals surface area contributed by atoms with Crippen molar-refractivity contribution in [1.29, 1.82) is 0 Å². The van der Waals surface area contributed by atoms with Crippen molar-refractivity contribution >= 4 is 41.3 Å². The summed E-state index contributed by atoms with van der Waals surface area (Å²) in [6, 6.07) is 25.1. The lowest BCUT2D eigenvalue weighted by atomic mass is 9.70. The minimum absolute atomic E-state index is 0.00282. The molecule has 18 heteroatoms. The van der Waals surface area contributed by atoms with Crippen LogP contribution in [0.1, 0.15) is 105 Å². The fraction of sp³-hybridized carbons (Fsp3) is 0.412. The van der Waals surface area contributed by atoms with Crippen molar-refractivity contribution in [2.24, 2.45) is 0 Å². The Labute approximate surface area is 396 Å². The number of likely N-dealkylation sites (tertiary alicyclic amines) is 2. The molecule has 3 aliphatic rings. The van der Waals surface area contributed by atoms with Crippen molar-refractivity contribution in [3.63, 3.8) is 0 Å². The molecular weight excluding hydrogens is 909 g/mol. The monoisotopic (exact) mass is 962 g/mol. The number of nitrogens with zero attached hydrogens (tertiary/aromatic N) is 3. The maximum Gasteiger partial charge on any atom is 0.413 e. The zero-order valence-electron chi connectivity index (χ0n) is 38.0. The standard InChI is InChI=1S/C51H54F6N5O7/c1-69-47(66)59-44(34-16-6-3-7-17-34)46(65)61-29-13-19-42(61)62(48(67)68)36-21-23-38-37-22-20-35(58-45(64)41-18-12-28-60(41)43(63)30-33-14-4-2-5-15-33)31-39(37)49(40(38)32-36,24-8-10-26-50(52,53)54)25-9-11-27-51(55,56)57/h2-7,14-17,20-23,30-32,41-42,44H,8-13,18-19,24-29H2,1H3,(H,58,64)(H,59,66)(H,67,68)/t41-,42+,44-/m0/s1. The summed E-state index contributed by atoms with van der Waals surface area (Å²) in [4.78, 5) is 71.6. The number of hydrogen-bond acceptors (Lipinski definition) is 6. The Morgan fingerprint density at radius 2 is 1.35 bits per heavy atom. The van der Waals surface area contributed by atoms with Gasteiger partial charge in [0.2, 0.25) is 11.8 Å². The highest BCUT2D eigenvalue weighted by molar-refractivity contribution is 6.00. The van der Waals surface area contributed by atoms with Gasteiger partial charge in [0.25, 0.3) is 5.91 Å². The van der Waals surface area contributed by atoms with Crippen LogP contribution in [0.3, 0.4) is 0 Å². The lowest BCUT2D eigenvalue weighted by Gasteiger charge is -2.37. The number of amides is 5. The summed E-state index contributed by atoms with van der Waals surface area (Å²) in [5.41, 5.74) is 2.46. The molecule has 5 amide bonds. The van der Waals surface area contributed by atoms with Gasteiger partial charge in [-0.1, -0.05) is 85.6 Å². The number of nitrogens with one attached hydrogen (secondary N) is 2. The second-order valence-electron chi connectivity index (χ2n) is 17.7. The molecule has 3 N–H and O–H groups in total. The van der Waals surface area contributed by atoms with Crippen LogP contribution >= 0.6 is 0 Å². The number of ether oxygens (including phenoxy) is 1. The lowest BCUT2D eigenvalue weighted by molar-refractivity contribution is -0.136. The van der Waals surface area contributed by atoms with E-state index >= 15 is 0 Å². The van der Waals surface area contributed by atoms with E-state index in [2.05, 4.69) is 10.6 Å². The molecule has 4 aromatic carbocycles. The van der Waals surface area contributed by atoms with Crippen molar-refractivity contribution in [3.05, 3.63) is 126 Å². The van der Waals surface area contributed by atoms with Crippen molar-refractivity contribution in [1.82, 2.24) is 15.1 Å². The molecule has 3 atom stereocenters. The Kier molecular flexibility index (Phi) is 15.6. The predicted molar refractivity (Wildman–Crippen MR) is 245 cm³/mol. The van der Waals surface area contributed by atoms with Crippen LogP contribution in [0.25, 0.3) is 11.1 Å². The average molecular weight is 963 g/mol. The molecule has 2 fully saturated rings. The van der Waals surface area contributed by atoms with E-state index in [1.54, 1.807) is 91.0 Å². The number of carbonyl (C=O) groups excluding carboxylic acids is 4. The summed E-state index contributed by atoms with van der Waals surface area (Å²) >= 11 is 0. The van der Waals surface area contributed by atoms with E-state index in [1.165, 1.54) is 16.2 Å². The molecule has 4 aromatic rings. The van der Waals surface area contributed by atoms with Crippen LogP contribution in [0.15, 0.2) is 97.1 Å². The molecule has 2 aliphatic heterocycles. The van der Waals surface area contributed by atoms with E-state index in [0.29, 0.717) is 64.9 Å². The minimum atomic E-state index is -4.47. The maximum absolute atomic E-state index is 14.4. The smallest absolute Gasteiger partial charge is 0.413 e. The number of benzene rings is 4. The molecule has 7 rings (SSSR count). The Bertz CT molecular complexity index is 2470. The highest BCUT2D eigenvalue weighted by Crippen LogP contribution is 2.56. The van der Waals surface area contributed by atoms with Crippen LogP contribution in [-0.4, -0.2) is 89.6 Å². The van der Waals surface area contributed by atoms with Gasteiger partial charge < -0.3 is 30.3 Å². The first-order chi connectivity index (χ1) is 32.9. The first-order valence-electron chi connectivity index (χ1n) is 23.1. The van der Waals surface area contributed by atoms with E-state index < -0.39 is 72.9 Å². The van der Waals surface area contributed by atoms with Gasteiger partial charge >= 0.3 is 24.5 Å². The summed E-state index contributed by atoms with van der Waals surface area (Å²) in [5, 5.41) is 16.4. The van der Waals surface area contributed by atoms with Gasteiger partial charge in [-0.25, -0.2) is 9.59 Å². The van der Waals surface area contributed by atoms with Gasteiger partial charge in [0.1, 0.15) is 18.2 Å². The lowest BCUT2D eigenvalue weighted by Crippen LogP contribution is -2.53. The van der Waals surface area contributed by atoms with Gasteiger partial charge in [0.15, 0.2) is 0 Å². The highest BCUT2D eigenvalue weighted by atomic mass is 19.4. The molecule has 1 radical (unpaired) electrons. The summed E-state index contributed by atoms with van der Waals surface area (Å²) < 4.78 is 86.2. The van der Waals surface area contributed by atoms with Crippen LogP contribution in [0.4, 0.5) is 47.3 Å². The van der Waals surface area contributed by atoms with Gasteiger partial charge in [-0.3, -0.25) is 19.3 Å². The molecule has 0 bridgehead atoms. The van der Waals surface area contributed by atoms with Crippen LogP contribution in [-0.2, 0) is 24.5 Å². The number of carboxylic acid groups (broad SMARTS) is 1. The zero-order valence-corrected chi connectivity index (χ0v) is 38.0. The first kappa shape index (κ1) is 50.3. The first-order valence-corrected chi connectivity index (χ1v) is 23.1. The number of alkyl halides is 6. The number of alkyl carbamates (subject to hydrolysis) is 1. The van der Waals surface area contributed by atoms with Crippen molar-refractivity contribution in [3.8, 4) is 11.1 Å². The molecule has 0 spiro atoms. The number of fused-ring (bicyclic) bond motifs is 3. The number of rotatable bonds is 17. The van der Waals surface area contributed by atoms with Gasteiger partial charge in [-0.05, 0) is 109 Å². The normalized spacial score (nSPS) is 17.7. The number of unbranched alkanes of at least 4 members (excludes halogenated alkanes) is 2. The molecule has 0 unspecified atom stereocenters. The third kappa shape index (κ3) is 11.8. The topological polar surface area (TPSA) is 149 Å². The van der Waals surface area contributed by atoms with Crippen LogP contribution in [0.2, 0.25) is 0 Å². The molecule has 69 heavy (non-hydrogen) atoms. The average Bonchev–Trinajstić information content (AvgIpc) is 4.06. The van der Waals surface area contributed by atoms with Crippen LogP contribution in [0.5, 0.6) is 0 Å². The van der Waals surface area contributed by atoms with Gasteiger partial charge in [-0.15, -0.1) is 0 Å². The largest absolute Gasteiger partial charge is 0.465 e. The van der Waals surface area contributed by atoms with E-state index in [0.717, 1.165) is 12.0 Å². The molecule has 2 saturated heterocycles. The molecule has 0 saturated carbocycles. The SMILES string of the molecule is COC(=O)N[C@H](C(=O)N1CCC[C@H]1N(C(=O)O)c1ccc2c(c1)C(CCCCC(F)(F)F)(CCCCC(F)(F)F)c1cc(NC(=O)[C@@H]3CCCN3C(=O)[CH]c3ccccc3)ccc1-2)c1ccccc1. The number of anilines is 2. The number of methoxy groups -OCH3 is 1. The molecular formula is C51H54F6N5O7. The number of halogens is 6. The Morgan fingerprint density at radius 1 is 0.768 bits per heavy atom. The van der Waals surface area contributed by atoms with E-state index in [1.807, 2.05) is 6.07 Å². The van der Waals surface area contributed by atoms with Crippen molar-refractivity contribution in [2.75, 3.05) is 30.4 Å². The van der Waals surface area contributed by atoms with Gasteiger partial charge in [-0.2, -0.15) is 26.3 Å². The van der Waals surface area contributed by atoms with Crippen LogP contribution in [0, 0.1) is 6.42 Å². The zero-order chi connectivity index (χ0) is 49.5. The Morgan fingerprint density at radius 3 is 1.96 bits per heavy atom. The molecule has 12 nitrogen and oxygen atoms in total. The summed E-state index contributed by atoms with van der Waals surface area (Å²) in [6.45, 7) is 0.476. The molecule has 1 aliphatic carbocycles. The fourth-order valence-corrected chi connectivity index (χ4v) is 10.1. The molecule has 367 valence electrons. The predicted octanol–water partition coefficient (Wildman–Crippen LogP) is 10.9. The maximum atomic E-state index is 14.4. The van der Waals surface area contributed by atoms with Gasteiger partial charge in [0, 0.05) is 42.7 Å². The Hall–Kier alpha value is -6.59. The highest BCUT2D eigenvalue weighted by Gasteiger charge is 2.46. The van der Waals surface area contributed by atoms with Crippen molar-refractivity contribution in [2.45, 2.75) is 113 Å². The van der Waals surface area contributed by atoms with Gasteiger partial charge in [0.05, 0.1) is 13.5 Å². The third-order valence-electron chi connectivity index (χ3n) is 13.3. The second kappa shape index (κ2) is 21.4. The van der Waals surface area contributed by atoms with Crippen LogP contribution < -0.4 is 15.5 Å². The summed E-state index contributed by atoms with van der Waals surface area (Å²) in [6.07, 6.45) is -12.0. The summed E-state index contributed by atoms with van der Waals surface area (Å²) in [5.74, 6) is -1.41. The quantitative estimate of drug-likeness (QED) is 0.0705. The van der Waals surface area contributed by atoms with E-state index in [9.17, 15) is 55.4 Å².